The predicted octanol–water partition coefficient (Wildman–Crippen LogP) is 4.88. The van der Waals surface area contributed by atoms with Crippen LogP contribution in [0.4, 0.5) is 8.78 Å². The Morgan fingerprint density at radius 3 is 2.59 bits per heavy atom. The summed E-state index contributed by atoms with van der Waals surface area (Å²) < 4.78 is 35.5. The molecule has 0 aliphatic rings. The Hall–Kier alpha value is -5.17. The van der Waals surface area contributed by atoms with Crippen molar-refractivity contribution < 1.29 is 18.3 Å². The molecule has 0 fully saturated rings. The highest BCUT2D eigenvalue weighted by Crippen LogP contribution is 2.26. The van der Waals surface area contributed by atoms with E-state index < -0.39 is 17.5 Å². The van der Waals surface area contributed by atoms with Crippen LogP contribution in [0.1, 0.15) is 33.0 Å². The number of methoxy groups -OCH3 is 1. The van der Waals surface area contributed by atoms with E-state index in [1.165, 1.54) is 24.4 Å². The number of pyridine rings is 1. The predicted molar refractivity (Wildman–Crippen MR) is 139 cm³/mol. The van der Waals surface area contributed by atoms with Crippen LogP contribution in [0.25, 0.3) is 10.9 Å². The highest BCUT2D eigenvalue weighted by atomic mass is 19.1. The minimum absolute atomic E-state index is 0.0250. The van der Waals surface area contributed by atoms with Crippen molar-refractivity contribution in [3.8, 4) is 11.8 Å². The summed E-state index contributed by atoms with van der Waals surface area (Å²) >= 11 is 0. The number of rotatable bonds is 8. The van der Waals surface area contributed by atoms with Crippen LogP contribution >= 0.6 is 0 Å². The summed E-state index contributed by atoms with van der Waals surface area (Å²) in [5.41, 5.74) is 2.25. The van der Waals surface area contributed by atoms with Crippen molar-refractivity contribution in [2.75, 3.05) is 7.11 Å². The van der Waals surface area contributed by atoms with Gasteiger partial charge in [-0.3, -0.25) is 4.79 Å². The molecule has 3 aromatic carbocycles. The van der Waals surface area contributed by atoms with Gasteiger partial charge in [0, 0.05) is 29.6 Å². The Balaban J connectivity index is 1.49. The Kier molecular flexibility index (Phi) is 7.23. The molecule has 0 aliphatic carbocycles. The van der Waals surface area contributed by atoms with Gasteiger partial charge in [0.15, 0.2) is 5.82 Å². The zero-order valence-electron chi connectivity index (χ0n) is 20.9. The number of carbonyl (C=O) groups excluding carboxylic acids is 1. The van der Waals surface area contributed by atoms with E-state index in [4.69, 9.17) is 10.00 Å². The van der Waals surface area contributed by atoms with E-state index in [1.807, 2.05) is 24.3 Å². The second kappa shape index (κ2) is 11.1. The van der Waals surface area contributed by atoms with Gasteiger partial charge in [-0.25, -0.2) is 13.8 Å². The van der Waals surface area contributed by atoms with Crippen molar-refractivity contribution in [2.24, 2.45) is 0 Å². The monoisotopic (exact) mass is 524 g/mol. The van der Waals surface area contributed by atoms with E-state index in [1.54, 1.807) is 34.9 Å². The van der Waals surface area contributed by atoms with E-state index in [0.717, 1.165) is 23.1 Å². The lowest BCUT2D eigenvalue weighted by atomic mass is 10.1. The zero-order valence-corrected chi connectivity index (χ0v) is 20.9. The summed E-state index contributed by atoms with van der Waals surface area (Å²) in [5.74, 6) is -1.05. The molecule has 0 saturated carbocycles. The largest absolute Gasteiger partial charge is 0.496 e. The standard InChI is InChI=1S/C29H22F2N6O2/c1-39-27-13-26(34-25-5-3-2-4-23(25)27)29(38)36(16-21-10-11-22(30)12-24(21)31)17-28-35-33-18-37(28)15-20-8-6-19(14-32)7-9-20/h2-13,18H,15-17H2,1H3. The number of hydrogen-bond donors (Lipinski definition) is 0. The Morgan fingerprint density at radius 2 is 1.85 bits per heavy atom. The Bertz CT molecular complexity index is 1690. The third-order valence-corrected chi connectivity index (χ3v) is 6.24. The third kappa shape index (κ3) is 5.57. The number of ether oxygens (including phenoxy) is 1. The molecule has 0 radical (unpaired) electrons. The molecule has 0 bridgehead atoms. The van der Waals surface area contributed by atoms with E-state index in [0.29, 0.717) is 29.2 Å². The van der Waals surface area contributed by atoms with Crippen LogP contribution in [0.3, 0.4) is 0 Å². The number of para-hydroxylation sites is 1. The summed E-state index contributed by atoms with van der Waals surface area (Å²) in [7, 11) is 1.51. The lowest BCUT2D eigenvalue weighted by Crippen LogP contribution is -2.32. The third-order valence-electron chi connectivity index (χ3n) is 6.24. The van der Waals surface area contributed by atoms with Gasteiger partial charge in [-0.15, -0.1) is 10.2 Å². The number of halogens is 2. The van der Waals surface area contributed by atoms with Crippen LogP contribution in [0.2, 0.25) is 0 Å². The molecule has 1 amide bonds. The first-order valence-corrected chi connectivity index (χ1v) is 12.0. The van der Waals surface area contributed by atoms with Crippen LogP contribution in [-0.2, 0) is 19.6 Å². The van der Waals surface area contributed by atoms with E-state index in [-0.39, 0.29) is 24.3 Å². The van der Waals surface area contributed by atoms with Crippen LogP contribution in [0.15, 0.2) is 79.1 Å². The number of amides is 1. The minimum atomic E-state index is -0.768. The van der Waals surface area contributed by atoms with Crippen molar-refractivity contribution >= 4 is 16.8 Å². The first-order chi connectivity index (χ1) is 18.9. The van der Waals surface area contributed by atoms with Crippen molar-refractivity contribution in [1.29, 1.82) is 5.26 Å². The van der Waals surface area contributed by atoms with Gasteiger partial charge in [-0.2, -0.15) is 5.26 Å². The van der Waals surface area contributed by atoms with Crippen molar-refractivity contribution in [1.82, 2.24) is 24.6 Å². The molecule has 194 valence electrons. The second-order valence-corrected chi connectivity index (χ2v) is 8.81. The topological polar surface area (TPSA) is 96.9 Å². The molecule has 0 spiro atoms. The van der Waals surface area contributed by atoms with Crippen molar-refractivity contribution in [3.05, 3.63) is 119 Å². The van der Waals surface area contributed by atoms with Crippen LogP contribution < -0.4 is 4.74 Å². The fourth-order valence-corrected chi connectivity index (χ4v) is 4.22. The average molecular weight is 525 g/mol. The summed E-state index contributed by atoms with van der Waals surface area (Å²) in [6.07, 6.45) is 1.53. The van der Waals surface area contributed by atoms with E-state index >= 15 is 0 Å². The van der Waals surface area contributed by atoms with E-state index in [9.17, 15) is 13.6 Å². The molecular formula is C29H22F2N6O2. The quantitative estimate of drug-likeness (QED) is 0.287. The number of carbonyl (C=O) groups is 1. The molecule has 0 unspecified atom stereocenters. The molecule has 0 aliphatic heterocycles. The lowest BCUT2D eigenvalue weighted by Gasteiger charge is -2.23. The van der Waals surface area contributed by atoms with Crippen LogP contribution in [0.5, 0.6) is 5.75 Å². The molecule has 0 atom stereocenters. The summed E-state index contributed by atoms with van der Waals surface area (Å²) in [6.45, 7) is 0.206. The summed E-state index contributed by atoms with van der Waals surface area (Å²) in [4.78, 5) is 19.7. The van der Waals surface area contributed by atoms with Gasteiger partial charge in [-0.05, 0) is 35.9 Å². The fourth-order valence-electron chi connectivity index (χ4n) is 4.22. The zero-order chi connectivity index (χ0) is 27.4. The molecule has 39 heavy (non-hydrogen) atoms. The van der Waals surface area contributed by atoms with Gasteiger partial charge in [0.25, 0.3) is 5.91 Å². The molecule has 10 heteroatoms. The van der Waals surface area contributed by atoms with Crippen molar-refractivity contribution in [2.45, 2.75) is 19.6 Å². The SMILES string of the molecule is COc1cc(C(=O)N(Cc2ccc(F)cc2F)Cc2nncn2Cc2ccc(C#N)cc2)nc2ccccc12. The highest BCUT2D eigenvalue weighted by molar-refractivity contribution is 5.97. The molecule has 0 saturated heterocycles. The van der Waals surface area contributed by atoms with Gasteiger partial charge in [-0.1, -0.05) is 30.3 Å². The van der Waals surface area contributed by atoms with Crippen LogP contribution in [0, 0.1) is 23.0 Å². The fraction of sp³-hybridized carbons (Fsp3) is 0.138. The smallest absolute Gasteiger partial charge is 0.273 e. The number of aromatic nitrogens is 4. The van der Waals surface area contributed by atoms with Gasteiger partial charge >= 0.3 is 0 Å². The first-order valence-electron chi connectivity index (χ1n) is 12.0. The number of nitriles is 1. The highest BCUT2D eigenvalue weighted by Gasteiger charge is 2.23. The second-order valence-electron chi connectivity index (χ2n) is 8.81. The maximum absolute atomic E-state index is 14.6. The molecular weight excluding hydrogens is 502 g/mol. The maximum atomic E-state index is 14.6. The average Bonchev–Trinajstić information content (AvgIpc) is 3.39. The molecule has 5 rings (SSSR count). The molecule has 8 nitrogen and oxygen atoms in total. The van der Waals surface area contributed by atoms with Gasteiger partial charge in [0.1, 0.15) is 29.4 Å². The maximum Gasteiger partial charge on any atom is 0.273 e. The normalized spacial score (nSPS) is 10.8. The molecule has 5 aromatic rings. The molecule has 2 heterocycles. The molecule has 2 aromatic heterocycles. The number of hydrogen-bond acceptors (Lipinski definition) is 6. The summed E-state index contributed by atoms with van der Waals surface area (Å²) in [6, 6.07) is 21.2. The summed E-state index contributed by atoms with van der Waals surface area (Å²) in [5, 5.41) is 18.0. The van der Waals surface area contributed by atoms with E-state index in [2.05, 4.69) is 21.3 Å². The first kappa shape index (κ1) is 25.5. The lowest BCUT2D eigenvalue weighted by molar-refractivity contribution is 0.0716. The van der Waals surface area contributed by atoms with Crippen molar-refractivity contribution in [3.63, 3.8) is 0 Å². The Labute approximate surface area is 222 Å². The van der Waals surface area contributed by atoms with Gasteiger partial charge in [0.2, 0.25) is 0 Å². The molecule has 0 N–H and O–H groups in total. The number of fused-ring (bicyclic) bond motifs is 1. The van der Waals surface area contributed by atoms with Gasteiger partial charge < -0.3 is 14.2 Å². The number of nitrogens with zero attached hydrogens (tertiary/aromatic N) is 6. The minimum Gasteiger partial charge on any atom is -0.496 e. The number of benzene rings is 3. The van der Waals surface area contributed by atoms with Crippen LogP contribution in [-0.4, -0.2) is 37.7 Å². The Morgan fingerprint density at radius 1 is 1.05 bits per heavy atom. The van der Waals surface area contributed by atoms with Gasteiger partial charge in [0.05, 0.1) is 37.3 Å².